The number of hydrogen-bond acceptors (Lipinski definition) is 3. The molecule has 1 heterocycles. The van der Waals surface area contributed by atoms with E-state index in [0.717, 1.165) is 0 Å². The van der Waals surface area contributed by atoms with Crippen LogP contribution < -0.4 is 0 Å². The van der Waals surface area contributed by atoms with Gasteiger partial charge in [-0.3, -0.25) is 4.79 Å². The highest BCUT2D eigenvalue weighted by atomic mass is 16.5. The van der Waals surface area contributed by atoms with Gasteiger partial charge in [-0.2, -0.15) is 0 Å². The number of ether oxygens (including phenoxy) is 2. The Morgan fingerprint density at radius 1 is 1.75 bits per heavy atom. The van der Waals surface area contributed by atoms with E-state index in [-0.39, 0.29) is 11.9 Å². The Balaban J connectivity index is 1.74. The average Bonchev–Trinajstić information content (AvgIpc) is 2.62. The Morgan fingerprint density at radius 3 is 3.17 bits per heavy atom. The molecule has 0 aromatic rings. The highest BCUT2D eigenvalue weighted by Gasteiger charge is 2.60. The first-order valence-corrected chi connectivity index (χ1v) is 4.02. The lowest BCUT2D eigenvalue weighted by atomic mass is 10.3. The number of esters is 1. The van der Waals surface area contributed by atoms with Crippen LogP contribution in [0.25, 0.3) is 0 Å². The second-order valence-corrected chi connectivity index (χ2v) is 3.20. The highest BCUT2D eigenvalue weighted by Crippen LogP contribution is 2.51. The minimum atomic E-state index is -0.0608. The largest absolute Gasteiger partial charge is 0.465 e. The van der Waals surface area contributed by atoms with E-state index in [1.54, 1.807) is 0 Å². The number of hydrogen-bond donors (Lipinski definition) is 0. The molecule has 3 atom stereocenters. The standard InChI is InChI=1S/C9H10O3/c1-2-3-11-4-6-7-5-12-9(10)8(6)7/h1,6-8H,3-5H2/t6-,7?,8?/m1/s1. The summed E-state index contributed by atoms with van der Waals surface area (Å²) in [5.41, 5.74) is 0. The first-order chi connectivity index (χ1) is 5.84. The van der Waals surface area contributed by atoms with Crippen molar-refractivity contribution in [1.29, 1.82) is 0 Å². The summed E-state index contributed by atoms with van der Waals surface area (Å²) in [6, 6.07) is 0. The summed E-state index contributed by atoms with van der Waals surface area (Å²) in [7, 11) is 0. The van der Waals surface area contributed by atoms with Crippen LogP contribution in [0.5, 0.6) is 0 Å². The quantitative estimate of drug-likeness (QED) is 0.338. The lowest BCUT2D eigenvalue weighted by molar-refractivity contribution is -0.142. The smallest absolute Gasteiger partial charge is 0.309 e. The van der Waals surface area contributed by atoms with E-state index in [1.165, 1.54) is 0 Å². The molecule has 2 rings (SSSR count). The van der Waals surface area contributed by atoms with Crippen LogP contribution in [-0.2, 0) is 14.3 Å². The van der Waals surface area contributed by atoms with Gasteiger partial charge in [-0.1, -0.05) is 5.92 Å². The van der Waals surface area contributed by atoms with Crippen LogP contribution in [0.1, 0.15) is 0 Å². The second kappa shape index (κ2) is 2.80. The molecule has 1 saturated carbocycles. The molecule has 1 aliphatic carbocycles. The predicted molar refractivity (Wildman–Crippen MR) is 41.1 cm³/mol. The second-order valence-electron chi connectivity index (χ2n) is 3.20. The lowest BCUT2D eigenvalue weighted by Gasteiger charge is -2.02. The summed E-state index contributed by atoms with van der Waals surface area (Å²) >= 11 is 0. The zero-order valence-corrected chi connectivity index (χ0v) is 6.66. The Labute approximate surface area is 71.0 Å². The van der Waals surface area contributed by atoms with E-state index < -0.39 is 0 Å². The summed E-state index contributed by atoms with van der Waals surface area (Å²) in [4.78, 5) is 10.9. The fourth-order valence-electron chi connectivity index (χ4n) is 1.78. The monoisotopic (exact) mass is 166 g/mol. The van der Waals surface area contributed by atoms with Crippen LogP contribution in [0.3, 0.4) is 0 Å². The third kappa shape index (κ3) is 1.09. The molecule has 3 nitrogen and oxygen atoms in total. The molecule has 0 aromatic heterocycles. The van der Waals surface area contributed by atoms with Gasteiger partial charge >= 0.3 is 5.97 Å². The number of carbonyl (C=O) groups is 1. The van der Waals surface area contributed by atoms with Crippen LogP contribution in [0.4, 0.5) is 0 Å². The van der Waals surface area contributed by atoms with Crippen LogP contribution >= 0.6 is 0 Å². The lowest BCUT2D eigenvalue weighted by Crippen LogP contribution is -2.09. The fourth-order valence-corrected chi connectivity index (χ4v) is 1.78. The number of carbonyl (C=O) groups excluding carboxylic acids is 1. The summed E-state index contributed by atoms with van der Waals surface area (Å²) < 4.78 is 9.96. The molecule has 0 spiro atoms. The van der Waals surface area contributed by atoms with Gasteiger partial charge in [-0.05, 0) is 0 Å². The maximum Gasteiger partial charge on any atom is 0.309 e. The third-order valence-electron chi connectivity index (χ3n) is 2.52. The molecule has 2 unspecified atom stereocenters. The zero-order valence-electron chi connectivity index (χ0n) is 6.66. The molecule has 12 heavy (non-hydrogen) atoms. The Kier molecular flexibility index (Phi) is 1.78. The van der Waals surface area contributed by atoms with Crippen molar-refractivity contribution in [3.63, 3.8) is 0 Å². The van der Waals surface area contributed by atoms with Gasteiger partial charge in [-0.25, -0.2) is 0 Å². The van der Waals surface area contributed by atoms with Gasteiger partial charge in [0.05, 0.1) is 19.1 Å². The van der Waals surface area contributed by atoms with Crippen molar-refractivity contribution in [3.8, 4) is 12.3 Å². The molecule has 1 saturated heterocycles. The summed E-state index contributed by atoms with van der Waals surface area (Å²) in [5.74, 6) is 3.23. The molecular weight excluding hydrogens is 156 g/mol. The van der Waals surface area contributed by atoms with Gasteiger partial charge in [0.1, 0.15) is 6.61 Å². The molecule has 2 fully saturated rings. The maximum atomic E-state index is 10.9. The van der Waals surface area contributed by atoms with E-state index in [1.807, 2.05) is 0 Å². The zero-order chi connectivity index (χ0) is 8.55. The Bertz CT molecular complexity index is 241. The van der Waals surface area contributed by atoms with Crippen molar-refractivity contribution >= 4 is 5.97 Å². The van der Waals surface area contributed by atoms with Crippen LogP contribution in [-0.4, -0.2) is 25.8 Å². The molecule has 0 amide bonds. The third-order valence-corrected chi connectivity index (χ3v) is 2.52. The molecule has 0 radical (unpaired) electrons. The first-order valence-electron chi connectivity index (χ1n) is 4.02. The summed E-state index contributed by atoms with van der Waals surface area (Å²) in [5, 5.41) is 0. The predicted octanol–water partition coefficient (Wildman–Crippen LogP) is 0.0552. The first kappa shape index (κ1) is 7.63. The number of cyclic esters (lactones) is 1. The fraction of sp³-hybridized carbons (Fsp3) is 0.667. The van der Waals surface area contributed by atoms with E-state index in [4.69, 9.17) is 15.9 Å². The Morgan fingerprint density at radius 2 is 2.58 bits per heavy atom. The number of rotatable bonds is 3. The molecule has 0 aromatic carbocycles. The van der Waals surface area contributed by atoms with E-state index in [9.17, 15) is 4.79 Å². The molecule has 64 valence electrons. The van der Waals surface area contributed by atoms with E-state index in [2.05, 4.69) is 5.92 Å². The van der Waals surface area contributed by atoms with Crippen molar-refractivity contribution in [2.45, 2.75) is 0 Å². The van der Waals surface area contributed by atoms with Crippen molar-refractivity contribution in [1.82, 2.24) is 0 Å². The molecule has 0 N–H and O–H groups in total. The number of fused-ring (bicyclic) bond motifs is 1. The van der Waals surface area contributed by atoms with E-state index >= 15 is 0 Å². The van der Waals surface area contributed by atoms with Gasteiger partial charge < -0.3 is 9.47 Å². The molecular formula is C9H10O3. The SMILES string of the molecule is C#CCOC[C@@H]1C2COC(=O)C21. The van der Waals surface area contributed by atoms with Crippen LogP contribution in [0, 0.1) is 30.1 Å². The number of terminal acetylenes is 1. The van der Waals surface area contributed by atoms with E-state index in [0.29, 0.717) is 31.7 Å². The highest BCUT2D eigenvalue weighted by molar-refractivity contribution is 5.79. The molecule has 2 aliphatic rings. The van der Waals surface area contributed by atoms with Gasteiger partial charge in [0.2, 0.25) is 0 Å². The Hall–Kier alpha value is -1.01. The van der Waals surface area contributed by atoms with Gasteiger partial charge in [0, 0.05) is 11.8 Å². The van der Waals surface area contributed by atoms with Gasteiger partial charge in [0.25, 0.3) is 0 Å². The molecule has 1 aliphatic heterocycles. The van der Waals surface area contributed by atoms with Crippen molar-refractivity contribution in [2.24, 2.45) is 17.8 Å². The topological polar surface area (TPSA) is 35.5 Å². The normalized spacial score (nSPS) is 36.9. The maximum absolute atomic E-state index is 10.9. The minimum absolute atomic E-state index is 0.0608. The van der Waals surface area contributed by atoms with Gasteiger partial charge in [0.15, 0.2) is 0 Å². The van der Waals surface area contributed by atoms with Crippen LogP contribution in [0.15, 0.2) is 0 Å². The van der Waals surface area contributed by atoms with Crippen molar-refractivity contribution in [2.75, 3.05) is 19.8 Å². The average molecular weight is 166 g/mol. The molecule has 0 bridgehead atoms. The van der Waals surface area contributed by atoms with Gasteiger partial charge in [-0.15, -0.1) is 6.42 Å². The van der Waals surface area contributed by atoms with Crippen molar-refractivity contribution in [3.05, 3.63) is 0 Å². The summed E-state index contributed by atoms with van der Waals surface area (Å²) in [6.07, 6.45) is 5.01. The minimum Gasteiger partial charge on any atom is -0.465 e. The summed E-state index contributed by atoms with van der Waals surface area (Å²) in [6.45, 7) is 1.52. The molecule has 3 heteroatoms. The van der Waals surface area contributed by atoms with Crippen molar-refractivity contribution < 1.29 is 14.3 Å². The van der Waals surface area contributed by atoms with Crippen LogP contribution in [0.2, 0.25) is 0 Å².